The molecule has 37 heavy (non-hydrogen) atoms. The number of anilines is 1. The Morgan fingerprint density at radius 3 is 2.65 bits per heavy atom. The SMILES string of the molecule is CCOC(=O)N1CCc2c(sc(NC(=O)CCc3c(OC)ccc4c3OC(F)(F)C(F)(F)O4)c2C#N)C1. The summed E-state index contributed by atoms with van der Waals surface area (Å²) in [7, 11) is 1.25. The Morgan fingerprint density at radius 1 is 1.24 bits per heavy atom. The van der Waals surface area contributed by atoms with Gasteiger partial charge in [0.25, 0.3) is 0 Å². The van der Waals surface area contributed by atoms with Gasteiger partial charge in [-0.15, -0.1) is 11.3 Å². The molecule has 0 saturated carbocycles. The fourth-order valence-electron chi connectivity index (χ4n) is 4.00. The zero-order valence-electron chi connectivity index (χ0n) is 19.7. The lowest BCUT2D eigenvalue weighted by molar-refractivity contribution is -0.391. The second kappa shape index (κ2) is 9.97. The number of hydrogen-bond donors (Lipinski definition) is 1. The monoisotopic (exact) mass is 543 g/mol. The van der Waals surface area contributed by atoms with Crippen molar-refractivity contribution in [3.63, 3.8) is 0 Å². The molecule has 2 aliphatic rings. The van der Waals surface area contributed by atoms with Crippen molar-refractivity contribution < 1.29 is 46.1 Å². The zero-order valence-corrected chi connectivity index (χ0v) is 20.5. The molecule has 0 unspecified atom stereocenters. The van der Waals surface area contributed by atoms with Crippen LogP contribution in [0.5, 0.6) is 17.2 Å². The van der Waals surface area contributed by atoms with Gasteiger partial charge in [-0.2, -0.15) is 22.8 Å². The number of thiophene rings is 1. The predicted octanol–water partition coefficient (Wildman–Crippen LogP) is 4.67. The predicted molar refractivity (Wildman–Crippen MR) is 121 cm³/mol. The molecule has 0 radical (unpaired) electrons. The van der Waals surface area contributed by atoms with Gasteiger partial charge in [0.2, 0.25) is 5.91 Å². The number of benzene rings is 1. The van der Waals surface area contributed by atoms with Crippen LogP contribution in [-0.4, -0.2) is 49.4 Å². The van der Waals surface area contributed by atoms with Crippen LogP contribution >= 0.6 is 11.3 Å². The van der Waals surface area contributed by atoms with Gasteiger partial charge >= 0.3 is 18.3 Å². The number of methoxy groups -OCH3 is 1. The molecule has 3 heterocycles. The number of hydrogen-bond acceptors (Lipinski definition) is 8. The van der Waals surface area contributed by atoms with Crippen LogP contribution < -0.4 is 19.5 Å². The Bertz CT molecular complexity index is 1280. The van der Waals surface area contributed by atoms with Crippen molar-refractivity contribution in [2.45, 2.75) is 44.9 Å². The van der Waals surface area contributed by atoms with Gasteiger partial charge in [0.05, 0.1) is 25.8 Å². The molecule has 2 amide bonds. The number of rotatable bonds is 6. The summed E-state index contributed by atoms with van der Waals surface area (Å²) < 4.78 is 73.3. The van der Waals surface area contributed by atoms with E-state index in [1.165, 1.54) is 18.1 Å². The highest BCUT2D eigenvalue weighted by atomic mass is 32.1. The van der Waals surface area contributed by atoms with Crippen molar-refractivity contribution in [1.82, 2.24) is 4.90 Å². The smallest absolute Gasteiger partial charge is 0.496 e. The molecule has 1 aromatic heterocycles. The first-order valence-electron chi connectivity index (χ1n) is 11.1. The number of carbonyl (C=O) groups excluding carboxylic acids is 2. The maximum Gasteiger partial charge on any atom is 0.507 e. The topological polar surface area (TPSA) is 110 Å². The quantitative estimate of drug-likeness (QED) is 0.528. The zero-order chi connectivity index (χ0) is 27.0. The number of amides is 2. The molecule has 14 heteroatoms. The molecular formula is C23H21F4N3O6S. The van der Waals surface area contributed by atoms with E-state index < -0.39 is 35.7 Å². The fourth-order valence-corrected chi connectivity index (χ4v) is 5.23. The molecule has 0 saturated heterocycles. The standard InChI is InChI=1S/C23H21F4N3O6S/c1-3-34-21(32)30-9-8-12-14(10-28)20(37-17(12)11-30)29-18(31)7-4-13-15(33-2)5-6-16-19(13)36-23(26,27)22(24,25)35-16/h5-6H,3-4,7-9,11H2,1-2H3,(H,29,31). The number of fused-ring (bicyclic) bond motifs is 2. The second-order valence-corrected chi connectivity index (χ2v) is 9.15. The summed E-state index contributed by atoms with van der Waals surface area (Å²) >= 11 is 1.15. The van der Waals surface area contributed by atoms with Crippen molar-refractivity contribution in [3.8, 4) is 23.3 Å². The maximum absolute atomic E-state index is 13.8. The first-order valence-corrected chi connectivity index (χ1v) is 11.9. The van der Waals surface area contributed by atoms with E-state index in [-0.39, 0.29) is 47.9 Å². The van der Waals surface area contributed by atoms with E-state index in [1.54, 1.807) is 6.92 Å². The third kappa shape index (κ3) is 4.95. The minimum Gasteiger partial charge on any atom is -0.496 e. The van der Waals surface area contributed by atoms with Gasteiger partial charge in [0.1, 0.15) is 16.8 Å². The van der Waals surface area contributed by atoms with Crippen LogP contribution in [0, 0.1) is 11.3 Å². The number of nitrogens with zero attached hydrogens (tertiary/aromatic N) is 2. The highest BCUT2D eigenvalue weighted by molar-refractivity contribution is 7.16. The minimum atomic E-state index is -4.93. The van der Waals surface area contributed by atoms with E-state index in [4.69, 9.17) is 9.47 Å². The Hall–Kier alpha value is -3.73. The number of ether oxygens (including phenoxy) is 4. The van der Waals surface area contributed by atoms with E-state index in [0.29, 0.717) is 13.0 Å². The van der Waals surface area contributed by atoms with Gasteiger partial charge in [-0.25, -0.2) is 4.79 Å². The third-order valence-electron chi connectivity index (χ3n) is 5.76. The van der Waals surface area contributed by atoms with Crippen molar-refractivity contribution in [2.75, 3.05) is 25.6 Å². The molecule has 2 aliphatic heterocycles. The van der Waals surface area contributed by atoms with Crippen molar-refractivity contribution >= 4 is 28.3 Å². The number of halogens is 4. The molecule has 0 spiro atoms. The van der Waals surface area contributed by atoms with Crippen LogP contribution in [0.4, 0.5) is 27.4 Å². The number of alkyl halides is 4. The number of carbonyl (C=O) groups is 2. The van der Waals surface area contributed by atoms with Crippen molar-refractivity contribution in [3.05, 3.63) is 33.7 Å². The molecule has 198 valence electrons. The van der Waals surface area contributed by atoms with E-state index in [0.717, 1.165) is 27.8 Å². The van der Waals surface area contributed by atoms with Crippen LogP contribution in [0.3, 0.4) is 0 Å². The normalized spacial score (nSPS) is 16.8. The average Bonchev–Trinajstić information content (AvgIpc) is 3.19. The highest BCUT2D eigenvalue weighted by Crippen LogP contribution is 2.50. The first kappa shape index (κ1) is 26.3. The Balaban J connectivity index is 1.50. The largest absolute Gasteiger partial charge is 0.507 e. The van der Waals surface area contributed by atoms with E-state index >= 15 is 0 Å². The van der Waals surface area contributed by atoms with Crippen molar-refractivity contribution in [1.29, 1.82) is 5.26 Å². The Labute approximate surface area is 212 Å². The second-order valence-electron chi connectivity index (χ2n) is 8.05. The molecule has 1 N–H and O–H groups in total. The maximum atomic E-state index is 13.8. The summed E-state index contributed by atoms with van der Waals surface area (Å²) in [4.78, 5) is 27.0. The molecule has 2 aromatic rings. The minimum absolute atomic E-state index is 0.0412. The summed E-state index contributed by atoms with van der Waals surface area (Å²) in [6.07, 6.45) is -10.4. The van der Waals surface area contributed by atoms with Gasteiger partial charge in [-0.1, -0.05) is 0 Å². The highest BCUT2D eigenvalue weighted by Gasteiger charge is 2.66. The molecule has 9 nitrogen and oxygen atoms in total. The Morgan fingerprint density at radius 2 is 1.97 bits per heavy atom. The Kier molecular flexibility index (Phi) is 7.09. The van der Waals surface area contributed by atoms with Gasteiger partial charge in [-0.3, -0.25) is 4.79 Å². The van der Waals surface area contributed by atoms with Gasteiger partial charge in [0.15, 0.2) is 11.5 Å². The molecule has 0 bridgehead atoms. The number of nitriles is 1. The first-order chi connectivity index (χ1) is 17.5. The summed E-state index contributed by atoms with van der Waals surface area (Å²) in [6.45, 7) is 2.51. The lowest BCUT2D eigenvalue weighted by Crippen LogP contribution is -2.52. The summed E-state index contributed by atoms with van der Waals surface area (Å²) in [6, 6.07) is 4.33. The summed E-state index contributed by atoms with van der Waals surface area (Å²) in [5, 5.41) is 12.6. The lowest BCUT2D eigenvalue weighted by Gasteiger charge is -2.33. The lowest BCUT2D eigenvalue weighted by atomic mass is 10.0. The van der Waals surface area contributed by atoms with Crippen molar-refractivity contribution in [2.24, 2.45) is 0 Å². The molecule has 4 rings (SSSR count). The summed E-state index contributed by atoms with van der Waals surface area (Å²) in [5.41, 5.74) is 0.961. The molecule has 1 aromatic carbocycles. The van der Waals surface area contributed by atoms with Gasteiger partial charge in [0, 0.05) is 23.4 Å². The fraction of sp³-hybridized carbons (Fsp3) is 0.435. The van der Waals surface area contributed by atoms with E-state index in [2.05, 4.69) is 20.9 Å². The van der Waals surface area contributed by atoms with Crippen LogP contribution in [0.1, 0.15) is 34.9 Å². The third-order valence-corrected chi connectivity index (χ3v) is 6.89. The van der Waals surface area contributed by atoms with Crippen LogP contribution in [0.2, 0.25) is 0 Å². The van der Waals surface area contributed by atoms with Gasteiger partial charge < -0.3 is 29.2 Å². The molecular weight excluding hydrogens is 522 g/mol. The van der Waals surface area contributed by atoms with Gasteiger partial charge in [-0.05, 0) is 37.5 Å². The molecule has 0 fully saturated rings. The summed E-state index contributed by atoms with van der Waals surface area (Å²) in [5.74, 6) is -1.78. The van der Waals surface area contributed by atoms with Crippen LogP contribution in [0.25, 0.3) is 0 Å². The van der Waals surface area contributed by atoms with Crippen LogP contribution in [-0.2, 0) is 28.9 Å². The van der Waals surface area contributed by atoms with Crippen LogP contribution in [0.15, 0.2) is 12.1 Å². The molecule has 0 atom stereocenters. The number of nitrogens with one attached hydrogen (secondary N) is 1. The average molecular weight is 543 g/mol. The van der Waals surface area contributed by atoms with E-state index in [9.17, 15) is 32.4 Å². The molecule has 0 aliphatic carbocycles. The van der Waals surface area contributed by atoms with E-state index in [1.807, 2.05) is 0 Å².